The van der Waals surface area contributed by atoms with Crippen LogP contribution in [-0.2, 0) is 4.79 Å². The van der Waals surface area contributed by atoms with E-state index in [1.54, 1.807) is 19.2 Å². The minimum Gasteiger partial charge on any atom is -0.363 e. The number of rotatable bonds is 5. The summed E-state index contributed by atoms with van der Waals surface area (Å²) < 4.78 is 0.754. The van der Waals surface area contributed by atoms with Gasteiger partial charge in [-0.05, 0) is 31.5 Å². The summed E-state index contributed by atoms with van der Waals surface area (Å²) in [4.78, 5) is 12.2. The van der Waals surface area contributed by atoms with Crippen LogP contribution in [0.1, 0.15) is 12.5 Å². The lowest BCUT2D eigenvalue weighted by molar-refractivity contribution is -0.115. The van der Waals surface area contributed by atoms with Crippen LogP contribution >= 0.6 is 34.7 Å². The summed E-state index contributed by atoms with van der Waals surface area (Å²) in [5.74, 6) is -0.0911. The van der Waals surface area contributed by atoms with Gasteiger partial charge in [-0.2, -0.15) is 0 Å². The van der Waals surface area contributed by atoms with Gasteiger partial charge in [0.1, 0.15) is 0 Å². The zero-order chi connectivity index (χ0) is 15.4. The van der Waals surface area contributed by atoms with Gasteiger partial charge in [-0.15, -0.1) is 10.2 Å². The number of amides is 1. The van der Waals surface area contributed by atoms with Gasteiger partial charge in [0.2, 0.25) is 11.0 Å². The molecular weight excluding hydrogens is 328 g/mol. The molecule has 1 heterocycles. The lowest BCUT2D eigenvalue weighted by Gasteiger charge is -2.12. The molecule has 21 heavy (non-hydrogen) atoms. The van der Waals surface area contributed by atoms with Gasteiger partial charge in [-0.25, -0.2) is 0 Å². The van der Waals surface area contributed by atoms with Gasteiger partial charge in [0, 0.05) is 17.8 Å². The molecule has 0 bridgehead atoms. The fourth-order valence-corrected chi connectivity index (χ4v) is 3.55. The van der Waals surface area contributed by atoms with E-state index in [9.17, 15) is 4.79 Å². The first-order valence-electron chi connectivity index (χ1n) is 6.24. The maximum absolute atomic E-state index is 12.2. The maximum Gasteiger partial charge on any atom is 0.237 e. The molecule has 1 aromatic carbocycles. The third-order valence-corrected chi connectivity index (χ3v) is 5.08. The summed E-state index contributed by atoms with van der Waals surface area (Å²) in [7, 11) is 1.78. The Morgan fingerprint density at radius 2 is 2.19 bits per heavy atom. The van der Waals surface area contributed by atoms with Crippen LogP contribution in [0.2, 0.25) is 5.02 Å². The number of halogens is 1. The number of hydrogen-bond donors (Lipinski definition) is 2. The molecule has 2 N–H and O–H groups in total. The molecular formula is C13H15ClN4OS2. The van der Waals surface area contributed by atoms with E-state index >= 15 is 0 Å². The lowest BCUT2D eigenvalue weighted by Crippen LogP contribution is -2.22. The normalized spacial score (nSPS) is 12.0. The van der Waals surface area contributed by atoms with Crippen molar-refractivity contribution in [3.8, 4) is 0 Å². The summed E-state index contributed by atoms with van der Waals surface area (Å²) in [6.07, 6.45) is 0. The molecule has 0 aliphatic rings. The topological polar surface area (TPSA) is 66.9 Å². The Labute approximate surface area is 136 Å². The van der Waals surface area contributed by atoms with E-state index < -0.39 is 0 Å². The van der Waals surface area contributed by atoms with Gasteiger partial charge in [-0.3, -0.25) is 4.79 Å². The number of carbonyl (C=O) groups excluding carboxylic acids is 1. The molecule has 8 heteroatoms. The second-order valence-electron chi connectivity index (χ2n) is 4.33. The monoisotopic (exact) mass is 342 g/mol. The van der Waals surface area contributed by atoms with E-state index in [4.69, 9.17) is 11.6 Å². The van der Waals surface area contributed by atoms with Gasteiger partial charge in [-0.1, -0.05) is 40.8 Å². The van der Waals surface area contributed by atoms with Crippen LogP contribution in [0, 0.1) is 6.92 Å². The first-order chi connectivity index (χ1) is 9.99. The highest BCUT2D eigenvalue weighted by atomic mass is 35.5. The third kappa shape index (κ3) is 4.33. The van der Waals surface area contributed by atoms with Crippen LogP contribution < -0.4 is 10.6 Å². The van der Waals surface area contributed by atoms with E-state index in [-0.39, 0.29) is 11.2 Å². The van der Waals surface area contributed by atoms with E-state index in [0.29, 0.717) is 5.02 Å². The molecule has 0 saturated carbocycles. The summed E-state index contributed by atoms with van der Waals surface area (Å²) in [6, 6.07) is 5.42. The van der Waals surface area contributed by atoms with Gasteiger partial charge in [0.15, 0.2) is 4.34 Å². The van der Waals surface area contributed by atoms with Crippen LogP contribution in [0.25, 0.3) is 0 Å². The number of nitrogens with one attached hydrogen (secondary N) is 2. The van der Waals surface area contributed by atoms with Gasteiger partial charge < -0.3 is 10.6 Å². The molecule has 5 nitrogen and oxygen atoms in total. The highest BCUT2D eigenvalue weighted by Gasteiger charge is 2.18. The Kier molecular flexibility index (Phi) is 5.44. The number of carbonyl (C=O) groups is 1. The summed E-state index contributed by atoms with van der Waals surface area (Å²) in [6.45, 7) is 3.76. The van der Waals surface area contributed by atoms with E-state index in [0.717, 1.165) is 20.7 Å². The highest BCUT2D eigenvalue weighted by molar-refractivity contribution is 8.02. The average molecular weight is 343 g/mol. The summed E-state index contributed by atoms with van der Waals surface area (Å²) >= 11 is 8.74. The third-order valence-electron chi connectivity index (χ3n) is 2.72. The van der Waals surface area contributed by atoms with Crippen molar-refractivity contribution in [2.75, 3.05) is 17.7 Å². The fraction of sp³-hybridized carbons (Fsp3) is 0.308. The molecule has 112 valence electrons. The first kappa shape index (κ1) is 16.1. The number of nitrogens with zero attached hydrogens (tertiary/aromatic N) is 2. The van der Waals surface area contributed by atoms with Crippen molar-refractivity contribution < 1.29 is 4.79 Å². The molecule has 0 aliphatic carbocycles. The van der Waals surface area contributed by atoms with Gasteiger partial charge >= 0.3 is 0 Å². The van der Waals surface area contributed by atoms with Crippen molar-refractivity contribution in [1.82, 2.24) is 10.2 Å². The molecule has 1 amide bonds. The molecule has 0 radical (unpaired) electrons. The van der Waals surface area contributed by atoms with Crippen LogP contribution in [0.5, 0.6) is 0 Å². The van der Waals surface area contributed by atoms with Crippen molar-refractivity contribution in [3.63, 3.8) is 0 Å². The van der Waals surface area contributed by atoms with Crippen molar-refractivity contribution in [2.45, 2.75) is 23.4 Å². The Morgan fingerprint density at radius 1 is 1.43 bits per heavy atom. The summed E-state index contributed by atoms with van der Waals surface area (Å²) in [5.41, 5.74) is 1.70. The number of anilines is 2. The number of benzene rings is 1. The Bertz CT molecular complexity index is 647. The quantitative estimate of drug-likeness (QED) is 0.812. The minimum absolute atomic E-state index is 0.0911. The zero-order valence-electron chi connectivity index (χ0n) is 11.8. The van der Waals surface area contributed by atoms with E-state index in [1.807, 2.05) is 19.9 Å². The first-order valence-corrected chi connectivity index (χ1v) is 8.32. The van der Waals surface area contributed by atoms with Crippen molar-refractivity contribution in [2.24, 2.45) is 0 Å². The SMILES string of the molecule is CNc1nnc(S[C@H](C)C(=O)Nc2cc(Cl)ccc2C)s1. The van der Waals surface area contributed by atoms with Crippen LogP contribution in [-0.4, -0.2) is 28.4 Å². The Morgan fingerprint density at radius 3 is 2.86 bits per heavy atom. The minimum atomic E-state index is -0.277. The average Bonchev–Trinajstić information content (AvgIpc) is 2.90. The molecule has 2 aromatic rings. The molecule has 0 aliphatic heterocycles. The molecule has 2 rings (SSSR count). The predicted octanol–water partition coefficient (Wildman–Crippen LogP) is 3.66. The zero-order valence-corrected chi connectivity index (χ0v) is 14.2. The second-order valence-corrected chi connectivity index (χ2v) is 7.33. The molecule has 0 spiro atoms. The number of hydrogen-bond acceptors (Lipinski definition) is 6. The van der Waals surface area contributed by atoms with Crippen molar-refractivity contribution in [3.05, 3.63) is 28.8 Å². The maximum atomic E-state index is 12.2. The molecule has 1 aromatic heterocycles. The predicted molar refractivity (Wildman–Crippen MR) is 89.6 cm³/mol. The number of thioether (sulfide) groups is 1. The largest absolute Gasteiger partial charge is 0.363 e. The van der Waals surface area contributed by atoms with Gasteiger partial charge in [0.25, 0.3) is 0 Å². The standard InChI is InChI=1S/C13H15ClN4OS2/c1-7-4-5-9(14)6-10(7)16-11(19)8(2)20-13-18-17-12(15-3)21-13/h4-6,8H,1-3H3,(H,15,17)(H,16,19)/t8-/m1/s1. The molecule has 1 atom stereocenters. The Balaban J connectivity index is 2.00. The second kappa shape index (κ2) is 7.11. The van der Waals surface area contributed by atoms with E-state index in [2.05, 4.69) is 20.8 Å². The number of aryl methyl sites for hydroxylation is 1. The fourth-order valence-electron chi connectivity index (χ4n) is 1.53. The van der Waals surface area contributed by atoms with Crippen molar-refractivity contribution >= 4 is 51.4 Å². The van der Waals surface area contributed by atoms with Crippen LogP contribution in [0.4, 0.5) is 10.8 Å². The molecule has 0 saturated heterocycles. The highest BCUT2D eigenvalue weighted by Crippen LogP contribution is 2.29. The van der Waals surface area contributed by atoms with Crippen molar-refractivity contribution in [1.29, 1.82) is 0 Å². The smallest absolute Gasteiger partial charge is 0.237 e. The molecule has 0 unspecified atom stereocenters. The molecule has 0 fully saturated rings. The van der Waals surface area contributed by atoms with Crippen LogP contribution in [0.15, 0.2) is 22.5 Å². The van der Waals surface area contributed by atoms with E-state index in [1.165, 1.54) is 23.1 Å². The van der Waals surface area contributed by atoms with Crippen LogP contribution in [0.3, 0.4) is 0 Å². The lowest BCUT2D eigenvalue weighted by atomic mass is 10.2. The Hall–Kier alpha value is -1.31. The number of aromatic nitrogens is 2. The van der Waals surface area contributed by atoms with Gasteiger partial charge in [0.05, 0.1) is 5.25 Å². The summed E-state index contributed by atoms with van der Waals surface area (Å²) in [5, 5.41) is 14.8.